The first-order valence-corrected chi connectivity index (χ1v) is 48.3. The number of hydrogen-bond donors (Lipinski definition) is 0. The molecule has 0 saturated carbocycles. The van der Waals surface area contributed by atoms with Crippen LogP contribution >= 0.6 is 0 Å². The molecule has 0 amide bonds. The van der Waals surface area contributed by atoms with E-state index in [1.165, 1.54) is 72.2 Å². The summed E-state index contributed by atoms with van der Waals surface area (Å²) in [4.78, 5) is 65.3. The minimum absolute atomic E-state index is 0. The van der Waals surface area contributed by atoms with Gasteiger partial charge in [-0.3, -0.25) is 28.8 Å². The van der Waals surface area contributed by atoms with Crippen LogP contribution in [0.25, 0.3) is 0 Å². The number of carbonyl (C=O) groups is 6. The Kier molecular flexibility index (Phi) is 98.7. The van der Waals surface area contributed by atoms with E-state index in [0.717, 1.165) is 76.0 Å². The van der Waals surface area contributed by atoms with Crippen LogP contribution in [-0.2, 0) is 71.1 Å². The number of esters is 4. The van der Waals surface area contributed by atoms with E-state index >= 15 is 0 Å². The van der Waals surface area contributed by atoms with Crippen LogP contribution in [0.3, 0.4) is 0 Å². The molecule has 0 aliphatic heterocycles. The van der Waals surface area contributed by atoms with Crippen LogP contribution < -0.4 is 47.4 Å². The maximum absolute atomic E-state index is 11.2. The summed E-state index contributed by atoms with van der Waals surface area (Å²) in [6, 6.07) is 98.1. The van der Waals surface area contributed by atoms with Crippen LogP contribution in [0.2, 0.25) is 0 Å². The predicted molar refractivity (Wildman–Crippen MR) is 579 cm³/mol. The number of Topliss-reactive ketones (excluding diaryl/α,β-unsaturated/α-hetero) is 2. The Bertz CT molecular complexity index is 4590. The van der Waals surface area contributed by atoms with Crippen molar-refractivity contribution in [3.05, 3.63) is 370 Å². The Morgan fingerprint density at radius 2 is 0.333 bits per heavy atom. The molecule has 0 heterocycles. The molecule has 0 fully saturated rings. The Balaban J connectivity index is -0.000000231. The van der Waals surface area contributed by atoms with Crippen LogP contribution in [0.5, 0.6) is 57.5 Å². The molecule has 0 N–H and O–H groups in total. The van der Waals surface area contributed by atoms with Gasteiger partial charge in [0.25, 0.3) is 0 Å². The fourth-order valence-electron chi connectivity index (χ4n) is 10.8. The molecule has 0 aliphatic rings. The second-order valence-electron chi connectivity index (χ2n) is 25.4. The van der Waals surface area contributed by atoms with Gasteiger partial charge in [0.05, 0.1) is 42.7 Å². The molecule has 0 spiro atoms. The van der Waals surface area contributed by atoms with E-state index in [9.17, 15) is 28.8 Å². The number of methoxy groups -OCH3 is 6. The van der Waals surface area contributed by atoms with Crippen molar-refractivity contribution in [3.8, 4) is 57.5 Å². The summed E-state index contributed by atoms with van der Waals surface area (Å²) in [6.45, 7) is 61.0. The molecule has 12 aromatic carbocycles. The Morgan fingerprint density at radius 1 is 0.203 bits per heavy atom. The van der Waals surface area contributed by atoms with Crippen molar-refractivity contribution in [2.45, 2.75) is 253 Å². The van der Waals surface area contributed by atoms with Crippen molar-refractivity contribution >= 4 is 35.4 Å². The van der Waals surface area contributed by atoms with Gasteiger partial charge in [-0.1, -0.05) is 326 Å². The van der Waals surface area contributed by atoms with Crippen molar-refractivity contribution < 1.29 is 109 Å². The molecule has 1 unspecified atom stereocenters. The Labute approximate surface area is 861 Å². The first-order valence-electron chi connectivity index (χ1n) is 48.3. The number of hydrogen-bond acceptors (Lipinski definition) is 16. The quantitative estimate of drug-likeness (QED) is 0.0269. The van der Waals surface area contributed by atoms with E-state index in [2.05, 4.69) is 62.4 Å². The average molecular weight is 1970 g/mol. The van der Waals surface area contributed by atoms with Gasteiger partial charge in [-0.25, -0.2) is 0 Å². The Morgan fingerprint density at radius 3 is 0.486 bits per heavy atom. The van der Waals surface area contributed by atoms with Crippen molar-refractivity contribution in [1.29, 1.82) is 0 Å². The third-order valence-corrected chi connectivity index (χ3v) is 17.0. The Hall–Kier alpha value is -12.2. The third-order valence-electron chi connectivity index (χ3n) is 17.0. The largest absolute Gasteiger partial charge is 0.522 e. The summed E-state index contributed by atoms with van der Waals surface area (Å²) in [5, 5.41) is 0. The summed E-state index contributed by atoms with van der Waals surface area (Å²) < 4.78 is 50.4. The van der Waals surface area contributed by atoms with Gasteiger partial charge in [0, 0.05) is 94.9 Å². The third kappa shape index (κ3) is 66.3. The second kappa shape index (κ2) is 96.4. The summed E-state index contributed by atoms with van der Waals surface area (Å²) in [6.07, 6.45) is 2.48. The molecule has 17 heteroatoms. The maximum atomic E-state index is 11.2. The zero-order valence-electron chi connectivity index (χ0n) is 91.1. The van der Waals surface area contributed by atoms with E-state index in [-0.39, 0.29) is 74.1 Å². The van der Waals surface area contributed by atoms with Crippen molar-refractivity contribution in [3.63, 3.8) is 0 Å². The summed E-state index contributed by atoms with van der Waals surface area (Å²) in [7, 11) is 9.98. The van der Waals surface area contributed by atoms with Crippen molar-refractivity contribution in [2.75, 3.05) is 42.7 Å². The van der Waals surface area contributed by atoms with E-state index in [0.29, 0.717) is 28.9 Å². The predicted octanol–water partition coefficient (Wildman–Crippen LogP) is 33.0. The van der Waals surface area contributed by atoms with Gasteiger partial charge in [-0.05, 0) is 186 Å². The van der Waals surface area contributed by atoms with E-state index in [1.54, 1.807) is 105 Å². The molecule has 0 aliphatic carbocycles. The van der Waals surface area contributed by atoms with Crippen LogP contribution in [0.4, 0.5) is 0 Å². The number of ether oxygens (including phenoxy) is 10. The van der Waals surface area contributed by atoms with Gasteiger partial charge in [0.2, 0.25) is 0 Å². The van der Waals surface area contributed by atoms with Gasteiger partial charge in [0.1, 0.15) is 46.0 Å². The number of carbonyl (C=O) groups excluding carboxylic acids is 6. The molecule has 12 aromatic rings. The van der Waals surface area contributed by atoms with Gasteiger partial charge in [-0.2, -0.15) is 36.4 Å². The molecule has 0 saturated heterocycles. The molecular formula is C121H170O16Y-2. The first-order chi connectivity index (χ1) is 66.5. The van der Waals surface area contributed by atoms with E-state index in [1.807, 2.05) is 372 Å². The molecule has 138 heavy (non-hydrogen) atoms. The number of ketones is 2. The molecule has 755 valence electrons. The van der Waals surface area contributed by atoms with Crippen molar-refractivity contribution in [2.24, 2.45) is 0 Å². The van der Waals surface area contributed by atoms with Crippen LogP contribution in [0, 0.1) is 12.1 Å². The minimum atomic E-state index is -0.305. The molecule has 1 radical (unpaired) electrons. The number of rotatable bonds is 22. The van der Waals surface area contributed by atoms with Crippen LogP contribution in [-0.4, -0.2) is 78.1 Å². The van der Waals surface area contributed by atoms with Crippen LogP contribution in [0.1, 0.15) is 310 Å². The van der Waals surface area contributed by atoms with Gasteiger partial charge in [-0.15, -0.1) is 24.3 Å². The van der Waals surface area contributed by atoms with Crippen LogP contribution in [0.15, 0.2) is 291 Å². The average Bonchev–Trinajstić information content (AvgIpc) is 0.837. The first kappa shape index (κ1) is 141. The molecule has 0 bridgehead atoms. The van der Waals surface area contributed by atoms with Gasteiger partial charge in [0.15, 0.2) is 11.6 Å². The SMILES string of the molecule is CC.CC.CC.CC.CC.CC.CC.CC.CC.CC.CC.CC.CC(=O)Oc1cc[c-]cc1.CC(=O)c1ccc(Cc2ccc(C(C)=O)cc2)cc1.COc1cc[c-]cc1.COc1ccc(C(C)c2ccc(OC(C)=O)cc2)cc1.COc1ccc(C(C)c2ccc(OC)cc2)cc1.COc1ccc(Cc2ccc(OC(C)=O)cc2)cc1.COc1ccc(Cc2ccc(OC(C)=O)cc2)cc1.[Y]. The minimum Gasteiger partial charge on any atom is -0.522 e. The molecule has 1 atom stereocenters. The fourth-order valence-corrected chi connectivity index (χ4v) is 10.8. The van der Waals surface area contributed by atoms with Gasteiger partial charge >= 0.3 is 23.9 Å². The standard InChI is InChI=1S/C17H18O3.C17H16O2.2C16H16O3.C16H18O2.C8H7O2.C7H7O.12C2H6.Y/c1-12(14-4-8-16(19-3)9-5-14)15-6-10-17(11-7-15)20-13(2)18;1-12(18)16-7-3-14(4-8-16)11-15-5-9-17(10-6-15)13(2)19;2*1-12(17)19-16-9-5-14(6-10-16)11-13-3-7-15(18-2)8-4-13;1-12(13-4-8-15(17-2)9-5-13)14-6-10-16(18-3)11-7-14;1-7(9)10-8-5-3-2-4-6-8;1-8-7-5-3-2-4-6-7;12*1-2;/h4-12H,1-3H3;3*3-10H,11H2,1-2H3;4-12H,1-3H3;3-6H,1H3;3-6H,1H3;12*1-2H3;/q;;;;;2*-1;;;;;;;;;;;;;. The smallest absolute Gasteiger partial charge is 0.308 e. The summed E-state index contributed by atoms with van der Waals surface area (Å²) in [5.41, 5.74) is 13.5. The second-order valence-corrected chi connectivity index (χ2v) is 25.4. The zero-order chi connectivity index (χ0) is 106. The monoisotopic (exact) mass is 1970 g/mol. The topological polar surface area (TPSA) is 195 Å². The summed E-state index contributed by atoms with van der Waals surface area (Å²) >= 11 is 0. The maximum Gasteiger partial charge on any atom is 0.308 e. The molecule has 0 aromatic heterocycles. The molecule has 12 rings (SSSR count). The zero-order valence-corrected chi connectivity index (χ0v) is 93.9. The van der Waals surface area contributed by atoms with Gasteiger partial charge < -0.3 is 47.4 Å². The van der Waals surface area contributed by atoms with E-state index in [4.69, 9.17) is 47.4 Å². The molecular weight excluding hydrogens is 1800 g/mol. The molecule has 16 nitrogen and oxygen atoms in total. The van der Waals surface area contributed by atoms with E-state index < -0.39 is 0 Å². The normalized spacial score (nSPS) is 8.89. The van der Waals surface area contributed by atoms with Crippen molar-refractivity contribution in [1.82, 2.24) is 0 Å². The number of benzene rings is 12. The fraction of sp³-hybridized carbons (Fsp3) is 0.355. The summed E-state index contributed by atoms with van der Waals surface area (Å²) in [5.74, 6) is 7.09.